The van der Waals surface area contributed by atoms with Gasteiger partial charge in [-0.3, -0.25) is 4.79 Å². The van der Waals surface area contributed by atoms with Crippen molar-refractivity contribution in [1.29, 1.82) is 0 Å². The Balaban J connectivity index is 1.63. The molecule has 0 saturated heterocycles. The van der Waals surface area contributed by atoms with Crippen LogP contribution in [0.3, 0.4) is 0 Å². The molecule has 2 aliphatic rings. The highest BCUT2D eigenvalue weighted by Gasteiger charge is 2.30. The van der Waals surface area contributed by atoms with Crippen LogP contribution in [0.2, 0.25) is 0 Å². The number of nitrogens with one attached hydrogen (secondary N) is 1. The van der Waals surface area contributed by atoms with E-state index < -0.39 is 6.29 Å². The van der Waals surface area contributed by atoms with Gasteiger partial charge in [0.25, 0.3) is 5.91 Å². The molecule has 2 N–H and O–H groups in total. The Bertz CT molecular complexity index is 553. The van der Waals surface area contributed by atoms with E-state index in [9.17, 15) is 4.79 Å². The lowest BCUT2D eigenvalue weighted by molar-refractivity contribution is -0.147. The van der Waals surface area contributed by atoms with Crippen LogP contribution in [0.15, 0.2) is 29.3 Å². The van der Waals surface area contributed by atoms with Gasteiger partial charge in [-0.25, -0.2) is 0 Å². The Morgan fingerprint density at radius 2 is 2.29 bits per heavy atom. The van der Waals surface area contributed by atoms with Gasteiger partial charge in [0.2, 0.25) is 6.29 Å². The zero-order chi connectivity index (χ0) is 16.8. The highest BCUT2D eigenvalue weighted by atomic mass is 32.1. The van der Waals surface area contributed by atoms with Crippen LogP contribution in [-0.4, -0.2) is 36.6 Å². The van der Waals surface area contributed by atoms with Gasteiger partial charge < -0.3 is 19.9 Å². The largest absolute Gasteiger partial charge is 0.459 e. The van der Waals surface area contributed by atoms with Crippen LogP contribution in [0.1, 0.15) is 49.3 Å². The van der Waals surface area contributed by atoms with Crippen molar-refractivity contribution in [3.63, 3.8) is 0 Å². The van der Waals surface area contributed by atoms with E-state index in [0.717, 1.165) is 19.3 Å². The van der Waals surface area contributed by atoms with Crippen LogP contribution in [0.4, 0.5) is 0 Å². The molecule has 0 aromatic carbocycles. The number of allylic oxidation sites excluding steroid dienone is 1. The second-order valence-corrected chi connectivity index (χ2v) is 7.32. The molecule has 1 aromatic heterocycles. The van der Waals surface area contributed by atoms with E-state index in [1.807, 2.05) is 17.5 Å². The standard InChI is InChI=1S/C18H25NO4S/c20-8-1-2-9-22-17-12-13(16-7-4-10-24-16)11-15(23-17)18(21)19-14-5-3-6-14/h4,7,10-11,13-14,17,20H,1-3,5-6,8-9,12H2,(H,19,21)/t13-,17+/m0/s1. The van der Waals surface area contributed by atoms with E-state index in [-0.39, 0.29) is 24.5 Å². The van der Waals surface area contributed by atoms with Gasteiger partial charge in [-0.2, -0.15) is 0 Å². The number of hydrogen-bond acceptors (Lipinski definition) is 5. The minimum atomic E-state index is -0.414. The van der Waals surface area contributed by atoms with Gasteiger partial charge in [-0.15, -0.1) is 11.3 Å². The van der Waals surface area contributed by atoms with Gasteiger partial charge >= 0.3 is 0 Å². The molecule has 1 aliphatic carbocycles. The molecule has 5 nitrogen and oxygen atoms in total. The van der Waals surface area contributed by atoms with E-state index in [1.54, 1.807) is 11.3 Å². The maximum atomic E-state index is 12.4. The van der Waals surface area contributed by atoms with Crippen molar-refractivity contribution in [2.24, 2.45) is 0 Å². The van der Waals surface area contributed by atoms with Gasteiger partial charge in [0, 0.05) is 29.9 Å². The molecule has 2 atom stereocenters. The molecule has 0 spiro atoms. The highest BCUT2D eigenvalue weighted by molar-refractivity contribution is 7.10. The van der Waals surface area contributed by atoms with Crippen molar-refractivity contribution in [1.82, 2.24) is 5.32 Å². The molecule has 1 saturated carbocycles. The van der Waals surface area contributed by atoms with Crippen LogP contribution < -0.4 is 5.32 Å². The first-order valence-corrected chi connectivity index (χ1v) is 9.59. The fourth-order valence-corrected chi connectivity index (χ4v) is 3.67. The van der Waals surface area contributed by atoms with Gasteiger partial charge in [0.15, 0.2) is 5.76 Å². The van der Waals surface area contributed by atoms with Crippen molar-refractivity contribution in [2.75, 3.05) is 13.2 Å². The summed E-state index contributed by atoms with van der Waals surface area (Å²) in [6.07, 6.45) is 7.00. The molecule has 0 unspecified atom stereocenters. The first-order valence-electron chi connectivity index (χ1n) is 8.71. The van der Waals surface area contributed by atoms with Crippen molar-refractivity contribution in [2.45, 2.75) is 56.8 Å². The minimum absolute atomic E-state index is 0.134. The molecule has 1 amide bonds. The van der Waals surface area contributed by atoms with Crippen molar-refractivity contribution >= 4 is 17.2 Å². The van der Waals surface area contributed by atoms with Crippen molar-refractivity contribution < 1.29 is 19.4 Å². The summed E-state index contributed by atoms with van der Waals surface area (Å²) >= 11 is 1.69. The molecule has 1 fully saturated rings. The summed E-state index contributed by atoms with van der Waals surface area (Å²) in [4.78, 5) is 13.7. The lowest BCUT2D eigenvalue weighted by Gasteiger charge is -2.31. The second kappa shape index (κ2) is 8.65. The number of rotatable bonds is 8. The number of hydrogen-bond donors (Lipinski definition) is 2. The maximum absolute atomic E-state index is 12.4. The summed E-state index contributed by atoms with van der Waals surface area (Å²) in [7, 11) is 0. The monoisotopic (exact) mass is 351 g/mol. The SMILES string of the molecule is O=C(NC1CCC1)C1=C[C@H](c2cccs2)C[C@H](OCCCCO)O1. The second-order valence-electron chi connectivity index (χ2n) is 6.34. The van der Waals surface area contributed by atoms with Crippen LogP contribution >= 0.6 is 11.3 Å². The number of unbranched alkanes of at least 4 members (excludes halogenated alkanes) is 1. The summed E-state index contributed by atoms with van der Waals surface area (Å²) in [6, 6.07) is 4.39. The fourth-order valence-electron chi connectivity index (χ4n) is 2.86. The number of amides is 1. The zero-order valence-electron chi connectivity index (χ0n) is 13.8. The third kappa shape index (κ3) is 4.59. The van der Waals surface area contributed by atoms with Gasteiger partial charge in [-0.05, 0) is 49.6 Å². The molecular formula is C18H25NO4S. The van der Waals surface area contributed by atoms with Crippen molar-refractivity contribution in [3.05, 3.63) is 34.2 Å². The molecule has 24 heavy (non-hydrogen) atoms. The van der Waals surface area contributed by atoms with E-state index in [2.05, 4.69) is 11.4 Å². The molecule has 3 rings (SSSR count). The maximum Gasteiger partial charge on any atom is 0.286 e. The lowest BCUT2D eigenvalue weighted by atomic mass is 9.93. The Labute approximate surface area is 146 Å². The molecule has 0 radical (unpaired) electrons. The van der Waals surface area contributed by atoms with E-state index in [1.165, 1.54) is 11.3 Å². The number of carbonyl (C=O) groups is 1. The average Bonchev–Trinajstić information content (AvgIpc) is 3.09. The summed E-state index contributed by atoms with van der Waals surface area (Å²) in [5.74, 6) is 0.382. The zero-order valence-corrected chi connectivity index (χ0v) is 14.6. The normalized spacial score (nSPS) is 24.0. The summed E-state index contributed by atoms with van der Waals surface area (Å²) in [5, 5.41) is 13.9. The predicted octanol–water partition coefficient (Wildman–Crippen LogP) is 2.92. The summed E-state index contributed by atoms with van der Waals surface area (Å²) in [5.41, 5.74) is 0. The van der Waals surface area contributed by atoms with Gasteiger partial charge in [-0.1, -0.05) is 6.07 Å². The molecule has 2 heterocycles. The topological polar surface area (TPSA) is 67.8 Å². The minimum Gasteiger partial charge on any atom is -0.459 e. The Kier molecular flexibility index (Phi) is 6.29. The smallest absolute Gasteiger partial charge is 0.286 e. The van der Waals surface area contributed by atoms with Crippen LogP contribution in [0.25, 0.3) is 0 Å². The molecule has 132 valence electrons. The van der Waals surface area contributed by atoms with Crippen LogP contribution in [0.5, 0.6) is 0 Å². The summed E-state index contributed by atoms with van der Waals surface area (Å²) in [6.45, 7) is 0.696. The van der Waals surface area contributed by atoms with Crippen LogP contribution in [0, 0.1) is 0 Å². The van der Waals surface area contributed by atoms with E-state index in [0.29, 0.717) is 25.2 Å². The quantitative estimate of drug-likeness (QED) is 0.707. The highest BCUT2D eigenvalue weighted by Crippen LogP contribution is 2.34. The van der Waals surface area contributed by atoms with E-state index >= 15 is 0 Å². The number of thiophene rings is 1. The molecule has 1 aromatic rings. The van der Waals surface area contributed by atoms with Gasteiger partial charge in [0.1, 0.15) is 0 Å². The third-order valence-electron chi connectivity index (χ3n) is 4.49. The number of aliphatic hydroxyl groups excluding tert-OH is 1. The fraction of sp³-hybridized carbons (Fsp3) is 0.611. The molecular weight excluding hydrogens is 326 g/mol. The number of aliphatic hydroxyl groups is 1. The Hall–Kier alpha value is -1.37. The first-order chi connectivity index (χ1) is 11.8. The molecule has 6 heteroatoms. The number of carbonyl (C=O) groups excluding carboxylic acids is 1. The van der Waals surface area contributed by atoms with Gasteiger partial charge in [0.05, 0.1) is 6.61 Å². The molecule has 0 bridgehead atoms. The van der Waals surface area contributed by atoms with E-state index in [4.69, 9.17) is 14.6 Å². The summed E-state index contributed by atoms with van der Waals surface area (Å²) < 4.78 is 11.6. The lowest BCUT2D eigenvalue weighted by Crippen LogP contribution is -2.42. The first kappa shape index (κ1) is 17.5. The number of ether oxygens (including phenoxy) is 2. The van der Waals surface area contributed by atoms with Crippen molar-refractivity contribution in [3.8, 4) is 0 Å². The predicted molar refractivity (Wildman–Crippen MR) is 92.7 cm³/mol. The third-order valence-corrected chi connectivity index (χ3v) is 5.49. The Morgan fingerprint density at radius 1 is 1.42 bits per heavy atom. The van der Waals surface area contributed by atoms with Crippen LogP contribution in [-0.2, 0) is 14.3 Å². The average molecular weight is 351 g/mol. The molecule has 1 aliphatic heterocycles. The Morgan fingerprint density at radius 3 is 2.96 bits per heavy atom.